The van der Waals surface area contributed by atoms with Crippen molar-refractivity contribution < 1.29 is 9.31 Å². The Balaban J connectivity index is 1.64. The third-order valence-electron chi connectivity index (χ3n) is 5.34. The first-order valence-electron chi connectivity index (χ1n) is 9.32. The predicted molar refractivity (Wildman–Crippen MR) is 106 cm³/mol. The van der Waals surface area contributed by atoms with E-state index in [1.54, 1.807) is 0 Å². The average molecular weight is 366 g/mol. The number of nitrogens with one attached hydrogen (secondary N) is 2. The topological polar surface area (TPSA) is 83.0 Å². The molecule has 2 N–H and O–H groups in total. The Morgan fingerprint density at radius 3 is 2.41 bits per heavy atom. The Hall–Kier alpha value is -2.14. The van der Waals surface area contributed by atoms with E-state index >= 15 is 0 Å². The highest BCUT2D eigenvalue weighted by Gasteiger charge is 2.51. The summed E-state index contributed by atoms with van der Waals surface area (Å²) in [5, 5.41) is 12.0. The van der Waals surface area contributed by atoms with Gasteiger partial charge in [0, 0.05) is 6.54 Å². The van der Waals surface area contributed by atoms with E-state index in [2.05, 4.69) is 49.0 Å². The molecule has 0 bridgehead atoms. The number of hydrogen-bond acceptors (Lipinski definition) is 5. The highest BCUT2D eigenvalue weighted by molar-refractivity contribution is 6.62. The molecule has 6 nitrogen and oxygen atoms in total. The van der Waals surface area contributed by atoms with Gasteiger partial charge in [-0.2, -0.15) is 5.26 Å². The molecule has 0 amide bonds. The van der Waals surface area contributed by atoms with E-state index in [0.29, 0.717) is 13.1 Å². The smallest absolute Gasteiger partial charge is 0.399 e. The van der Waals surface area contributed by atoms with Crippen LogP contribution in [0.1, 0.15) is 40.4 Å². The van der Waals surface area contributed by atoms with Crippen molar-refractivity contribution in [3.05, 3.63) is 36.3 Å². The van der Waals surface area contributed by atoms with Gasteiger partial charge in [0.2, 0.25) is 0 Å². The van der Waals surface area contributed by atoms with Crippen LogP contribution < -0.4 is 10.8 Å². The Labute approximate surface area is 161 Å². The van der Waals surface area contributed by atoms with Crippen LogP contribution in [-0.4, -0.2) is 34.8 Å². The van der Waals surface area contributed by atoms with Crippen LogP contribution in [-0.2, 0) is 15.9 Å². The number of H-pyrrole nitrogens is 1. The lowest BCUT2D eigenvalue weighted by Gasteiger charge is -2.32. The zero-order valence-electron chi connectivity index (χ0n) is 16.7. The van der Waals surface area contributed by atoms with Gasteiger partial charge in [0.15, 0.2) is 0 Å². The van der Waals surface area contributed by atoms with Crippen LogP contribution in [0.3, 0.4) is 0 Å². The summed E-state index contributed by atoms with van der Waals surface area (Å²) in [4.78, 5) is 7.72. The second-order valence-corrected chi connectivity index (χ2v) is 8.11. The molecule has 0 spiro atoms. The van der Waals surface area contributed by atoms with Crippen molar-refractivity contribution >= 4 is 12.6 Å². The van der Waals surface area contributed by atoms with Gasteiger partial charge >= 0.3 is 7.12 Å². The molecule has 1 aromatic carbocycles. The third-order valence-corrected chi connectivity index (χ3v) is 5.34. The van der Waals surface area contributed by atoms with Crippen LogP contribution in [0.4, 0.5) is 0 Å². The Morgan fingerprint density at radius 2 is 1.81 bits per heavy atom. The third kappa shape index (κ3) is 4.24. The highest BCUT2D eigenvalue weighted by Crippen LogP contribution is 2.36. The van der Waals surface area contributed by atoms with Crippen LogP contribution in [0.5, 0.6) is 0 Å². The lowest BCUT2D eigenvalue weighted by molar-refractivity contribution is 0.00578. The molecule has 0 saturated carbocycles. The summed E-state index contributed by atoms with van der Waals surface area (Å²) in [6.07, 6.45) is 1.83. The van der Waals surface area contributed by atoms with Gasteiger partial charge in [-0.15, -0.1) is 0 Å². The van der Waals surface area contributed by atoms with Crippen molar-refractivity contribution in [2.75, 3.05) is 6.54 Å². The van der Waals surface area contributed by atoms with Crippen LogP contribution in [0.15, 0.2) is 30.5 Å². The quantitative estimate of drug-likeness (QED) is 0.768. The Kier molecular flexibility index (Phi) is 5.43. The largest absolute Gasteiger partial charge is 0.494 e. The molecule has 142 valence electrons. The van der Waals surface area contributed by atoms with Gasteiger partial charge in [-0.05, 0) is 45.6 Å². The van der Waals surface area contributed by atoms with Crippen LogP contribution in [0, 0.1) is 17.2 Å². The molecule has 27 heavy (non-hydrogen) atoms. The molecule has 2 aromatic rings. The number of nitrogens with zero attached hydrogens (tertiary/aromatic N) is 2. The fourth-order valence-corrected chi connectivity index (χ4v) is 2.85. The molecule has 0 aliphatic carbocycles. The van der Waals surface area contributed by atoms with Crippen molar-refractivity contribution in [2.24, 2.45) is 5.92 Å². The fourth-order valence-electron chi connectivity index (χ4n) is 2.85. The maximum atomic E-state index is 8.81. The molecular formula is C20H27BN4O2. The maximum Gasteiger partial charge on any atom is 0.494 e. The minimum absolute atomic E-state index is 0.0121. The lowest BCUT2D eigenvalue weighted by Crippen LogP contribution is -2.41. The van der Waals surface area contributed by atoms with Gasteiger partial charge < -0.3 is 19.6 Å². The van der Waals surface area contributed by atoms with Crippen LogP contribution in [0.25, 0.3) is 11.3 Å². The highest BCUT2D eigenvalue weighted by atomic mass is 16.7. The molecule has 1 aromatic heterocycles. The summed E-state index contributed by atoms with van der Waals surface area (Å²) >= 11 is 0. The van der Waals surface area contributed by atoms with E-state index in [0.717, 1.165) is 22.5 Å². The second-order valence-electron chi connectivity index (χ2n) is 8.11. The number of nitriles is 1. The number of rotatable bonds is 6. The standard InChI is InChI=1S/C20H27BN4O2/c1-14(10-22)11-23-13-18-24-12-17(25-18)15-6-8-16(9-7-15)21-26-19(2,3)20(4,5)27-21/h6-9,12,14,23H,11,13H2,1-5H3,(H,24,25)/t14-/m1/s1. The van der Waals surface area contributed by atoms with E-state index in [4.69, 9.17) is 14.6 Å². The van der Waals surface area contributed by atoms with Crippen molar-refractivity contribution in [3.63, 3.8) is 0 Å². The molecule has 1 aliphatic heterocycles. The monoisotopic (exact) mass is 366 g/mol. The normalized spacial score (nSPS) is 19.0. The average Bonchev–Trinajstić information content (AvgIpc) is 3.17. The number of aromatic nitrogens is 2. The first kappa shape index (κ1) is 19.6. The van der Waals surface area contributed by atoms with Gasteiger partial charge in [-0.3, -0.25) is 0 Å². The van der Waals surface area contributed by atoms with Gasteiger partial charge in [0.25, 0.3) is 0 Å². The molecule has 2 heterocycles. The summed E-state index contributed by atoms with van der Waals surface area (Å²) in [7, 11) is -0.354. The van der Waals surface area contributed by atoms with Crippen molar-refractivity contribution in [2.45, 2.75) is 52.4 Å². The van der Waals surface area contributed by atoms with Crippen LogP contribution in [0.2, 0.25) is 0 Å². The summed E-state index contributed by atoms with van der Waals surface area (Å²) in [6.45, 7) is 11.4. The van der Waals surface area contributed by atoms with Gasteiger partial charge in [-0.25, -0.2) is 4.98 Å². The molecule has 0 radical (unpaired) electrons. The molecule has 3 rings (SSSR count). The van der Waals surface area contributed by atoms with Crippen LogP contribution >= 0.6 is 0 Å². The van der Waals surface area contributed by atoms with E-state index < -0.39 is 0 Å². The predicted octanol–water partition coefficient (Wildman–Crippen LogP) is 2.63. The number of aromatic amines is 1. The Morgan fingerprint density at radius 1 is 1.19 bits per heavy atom. The van der Waals surface area contributed by atoms with Gasteiger partial charge in [0.1, 0.15) is 5.82 Å². The van der Waals surface area contributed by atoms with E-state index in [9.17, 15) is 0 Å². The zero-order chi connectivity index (χ0) is 19.7. The van der Waals surface area contributed by atoms with Gasteiger partial charge in [-0.1, -0.05) is 24.3 Å². The summed E-state index contributed by atoms with van der Waals surface area (Å²) in [5.74, 6) is 0.840. The number of imidazole rings is 1. The minimum Gasteiger partial charge on any atom is -0.399 e. The lowest BCUT2D eigenvalue weighted by atomic mass is 9.79. The molecule has 1 fully saturated rings. The molecule has 7 heteroatoms. The van der Waals surface area contributed by atoms with Gasteiger partial charge in [0.05, 0.1) is 41.6 Å². The van der Waals surface area contributed by atoms with E-state index in [-0.39, 0.29) is 24.2 Å². The van der Waals surface area contributed by atoms with E-state index in [1.807, 2.05) is 37.4 Å². The van der Waals surface area contributed by atoms with Crippen molar-refractivity contribution in [3.8, 4) is 17.3 Å². The molecule has 0 unspecified atom stereocenters. The SMILES string of the molecule is C[C@H](C#N)CNCc1ncc(-c2ccc(B3OC(C)(C)C(C)(C)O3)cc2)[nH]1. The fraction of sp³-hybridized carbons (Fsp3) is 0.500. The second kappa shape index (κ2) is 7.47. The summed E-state index contributed by atoms with van der Waals surface area (Å²) in [6, 6.07) is 10.4. The first-order valence-corrected chi connectivity index (χ1v) is 9.32. The summed E-state index contributed by atoms with van der Waals surface area (Å²) in [5.41, 5.74) is 2.33. The number of hydrogen-bond donors (Lipinski definition) is 2. The van der Waals surface area contributed by atoms with Crippen molar-refractivity contribution in [1.82, 2.24) is 15.3 Å². The maximum absolute atomic E-state index is 8.81. The van der Waals surface area contributed by atoms with E-state index in [1.165, 1.54) is 0 Å². The number of benzene rings is 1. The molecule has 1 atom stereocenters. The molecule has 1 saturated heterocycles. The minimum atomic E-state index is -0.354. The molecule has 1 aliphatic rings. The molecular weight excluding hydrogens is 339 g/mol. The first-order chi connectivity index (χ1) is 12.7. The zero-order valence-corrected chi connectivity index (χ0v) is 16.7. The van der Waals surface area contributed by atoms with Crippen molar-refractivity contribution in [1.29, 1.82) is 5.26 Å². The Bertz CT molecular complexity index is 807. The summed E-state index contributed by atoms with van der Waals surface area (Å²) < 4.78 is 12.2.